The lowest BCUT2D eigenvalue weighted by atomic mass is 10.0. The number of nitrogens with zero attached hydrogens (tertiary/aromatic N) is 1. The van der Waals surface area contributed by atoms with Crippen molar-refractivity contribution in [2.24, 2.45) is 5.73 Å². The molecule has 0 aliphatic rings. The predicted molar refractivity (Wildman–Crippen MR) is 48.1 cm³/mol. The van der Waals surface area contributed by atoms with Crippen LogP contribution in [0.4, 0.5) is 10.1 Å². The Bertz CT molecular complexity index is 366. The summed E-state index contributed by atoms with van der Waals surface area (Å²) in [5.41, 5.74) is 11.2. The Hall–Kier alpha value is -1.60. The predicted octanol–water partition coefficient (Wildman–Crippen LogP) is 1.30. The van der Waals surface area contributed by atoms with E-state index in [0.29, 0.717) is 5.56 Å². The fourth-order valence-corrected chi connectivity index (χ4v) is 1.07. The van der Waals surface area contributed by atoms with Gasteiger partial charge in [0.15, 0.2) is 0 Å². The maximum atomic E-state index is 13.4. The molecule has 0 saturated carbocycles. The van der Waals surface area contributed by atoms with E-state index < -0.39 is 11.9 Å². The molecule has 0 saturated heterocycles. The second-order valence-corrected chi connectivity index (χ2v) is 2.83. The molecule has 4 heteroatoms. The van der Waals surface area contributed by atoms with Crippen molar-refractivity contribution in [3.8, 4) is 6.07 Å². The van der Waals surface area contributed by atoms with Crippen molar-refractivity contribution >= 4 is 5.69 Å². The highest BCUT2D eigenvalue weighted by atomic mass is 19.1. The summed E-state index contributed by atoms with van der Waals surface area (Å²) in [5.74, 6) is -0.613. The summed E-state index contributed by atoms with van der Waals surface area (Å²) in [4.78, 5) is 0. The van der Waals surface area contributed by atoms with Crippen molar-refractivity contribution in [3.05, 3.63) is 29.1 Å². The molecule has 0 bridgehead atoms. The van der Waals surface area contributed by atoms with E-state index in [1.165, 1.54) is 12.1 Å². The first kappa shape index (κ1) is 9.49. The van der Waals surface area contributed by atoms with Crippen LogP contribution in [-0.2, 0) is 0 Å². The molecular weight excluding hydrogens is 169 g/mol. The molecule has 0 aliphatic carbocycles. The van der Waals surface area contributed by atoms with Crippen molar-refractivity contribution in [2.75, 3.05) is 5.73 Å². The molecule has 1 rings (SSSR count). The lowest BCUT2D eigenvalue weighted by Crippen LogP contribution is -2.09. The van der Waals surface area contributed by atoms with Crippen LogP contribution in [0.25, 0.3) is 0 Å². The standard InChI is InChI=1S/C9H10FN3/c1-5(12)6-2-3-8(13)7(4-11)9(6)10/h2-3,5H,12-13H2,1H3/t5-/m0/s1. The van der Waals surface area contributed by atoms with Gasteiger partial charge in [-0.25, -0.2) is 4.39 Å². The zero-order valence-electron chi connectivity index (χ0n) is 7.21. The van der Waals surface area contributed by atoms with Gasteiger partial charge in [-0.3, -0.25) is 0 Å². The van der Waals surface area contributed by atoms with Crippen molar-refractivity contribution in [3.63, 3.8) is 0 Å². The Morgan fingerprint density at radius 1 is 1.54 bits per heavy atom. The minimum atomic E-state index is -0.613. The molecule has 4 N–H and O–H groups in total. The SMILES string of the molecule is C[C@H](N)c1ccc(N)c(C#N)c1F. The molecule has 0 heterocycles. The molecule has 1 atom stereocenters. The number of anilines is 1. The number of hydrogen-bond acceptors (Lipinski definition) is 3. The average molecular weight is 179 g/mol. The van der Waals surface area contributed by atoms with E-state index >= 15 is 0 Å². The number of hydrogen-bond donors (Lipinski definition) is 2. The topological polar surface area (TPSA) is 75.8 Å². The molecule has 0 unspecified atom stereocenters. The van der Waals surface area contributed by atoms with Gasteiger partial charge in [0.05, 0.1) is 5.69 Å². The van der Waals surface area contributed by atoms with Crippen LogP contribution in [0.1, 0.15) is 24.1 Å². The quantitative estimate of drug-likeness (QED) is 0.638. The van der Waals surface area contributed by atoms with Crippen LogP contribution in [0.3, 0.4) is 0 Å². The van der Waals surface area contributed by atoms with Crippen LogP contribution in [0.2, 0.25) is 0 Å². The van der Waals surface area contributed by atoms with E-state index in [1.54, 1.807) is 13.0 Å². The van der Waals surface area contributed by atoms with E-state index in [9.17, 15) is 4.39 Å². The molecule has 0 aliphatic heterocycles. The maximum Gasteiger partial charge on any atom is 0.147 e. The van der Waals surface area contributed by atoms with Gasteiger partial charge in [-0.05, 0) is 13.0 Å². The first-order chi connectivity index (χ1) is 6.07. The van der Waals surface area contributed by atoms with Gasteiger partial charge in [0.1, 0.15) is 17.4 Å². The number of nitrogen functional groups attached to an aromatic ring is 1. The number of rotatable bonds is 1. The summed E-state index contributed by atoms with van der Waals surface area (Å²) in [6.45, 7) is 1.65. The maximum absolute atomic E-state index is 13.4. The van der Waals surface area contributed by atoms with Crippen LogP contribution in [0.5, 0.6) is 0 Å². The Morgan fingerprint density at radius 3 is 2.62 bits per heavy atom. The van der Waals surface area contributed by atoms with Crippen LogP contribution in [0.15, 0.2) is 12.1 Å². The largest absolute Gasteiger partial charge is 0.398 e. The summed E-state index contributed by atoms with van der Waals surface area (Å²) in [7, 11) is 0. The molecule has 1 aromatic rings. The second-order valence-electron chi connectivity index (χ2n) is 2.83. The zero-order valence-corrected chi connectivity index (χ0v) is 7.21. The van der Waals surface area contributed by atoms with Gasteiger partial charge >= 0.3 is 0 Å². The fraction of sp³-hybridized carbons (Fsp3) is 0.222. The van der Waals surface area contributed by atoms with Crippen LogP contribution < -0.4 is 11.5 Å². The lowest BCUT2D eigenvalue weighted by Gasteiger charge is -2.08. The number of benzene rings is 1. The van der Waals surface area contributed by atoms with Gasteiger partial charge in [-0.2, -0.15) is 5.26 Å². The van der Waals surface area contributed by atoms with E-state index in [-0.39, 0.29) is 11.3 Å². The third kappa shape index (κ3) is 1.60. The van der Waals surface area contributed by atoms with E-state index in [1.807, 2.05) is 0 Å². The molecule has 68 valence electrons. The third-order valence-electron chi connectivity index (χ3n) is 1.81. The Kier molecular flexibility index (Phi) is 2.49. The van der Waals surface area contributed by atoms with Crippen LogP contribution in [0, 0.1) is 17.1 Å². The van der Waals surface area contributed by atoms with E-state index in [0.717, 1.165) is 0 Å². The van der Waals surface area contributed by atoms with Gasteiger partial charge in [-0.15, -0.1) is 0 Å². The Morgan fingerprint density at radius 2 is 2.15 bits per heavy atom. The van der Waals surface area contributed by atoms with Crippen molar-refractivity contribution in [1.82, 2.24) is 0 Å². The van der Waals surface area contributed by atoms with Crippen LogP contribution in [-0.4, -0.2) is 0 Å². The van der Waals surface area contributed by atoms with Gasteiger partial charge in [0.25, 0.3) is 0 Å². The summed E-state index contributed by atoms with van der Waals surface area (Å²) in [6.07, 6.45) is 0. The smallest absolute Gasteiger partial charge is 0.147 e. The van der Waals surface area contributed by atoms with Gasteiger partial charge < -0.3 is 11.5 Å². The summed E-state index contributed by atoms with van der Waals surface area (Å²) in [5, 5.41) is 8.59. The van der Waals surface area contributed by atoms with Gasteiger partial charge in [0, 0.05) is 11.6 Å². The highest BCUT2D eigenvalue weighted by molar-refractivity contribution is 5.56. The number of halogens is 1. The lowest BCUT2D eigenvalue weighted by molar-refractivity contribution is 0.591. The minimum Gasteiger partial charge on any atom is -0.398 e. The van der Waals surface area contributed by atoms with Gasteiger partial charge in [0.2, 0.25) is 0 Å². The first-order valence-corrected chi connectivity index (χ1v) is 3.81. The number of nitriles is 1. The number of nitrogens with two attached hydrogens (primary N) is 2. The Labute approximate surface area is 75.8 Å². The fourth-order valence-electron chi connectivity index (χ4n) is 1.07. The summed E-state index contributed by atoms with van der Waals surface area (Å²) >= 11 is 0. The highest BCUT2D eigenvalue weighted by Crippen LogP contribution is 2.22. The van der Waals surface area contributed by atoms with Crippen molar-refractivity contribution < 1.29 is 4.39 Å². The molecule has 0 spiro atoms. The van der Waals surface area contributed by atoms with Gasteiger partial charge in [-0.1, -0.05) is 6.07 Å². The molecule has 0 radical (unpaired) electrons. The molecule has 0 fully saturated rings. The molecule has 0 amide bonds. The summed E-state index contributed by atoms with van der Waals surface area (Å²) < 4.78 is 13.4. The third-order valence-corrected chi connectivity index (χ3v) is 1.81. The van der Waals surface area contributed by atoms with E-state index in [4.69, 9.17) is 16.7 Å². The van der Waals surface area contributed by atoms with Crippen LogP contribution >= 0.6 is 0 Å². The highest BCUT2D eigenvalue weighted by Gasteiger charge is 2.13. The first-order valence-electron chi connectivity index (χ1n) is 3.81. The molecule has 0 aromatic heterocycles. The molecule has 13 heavy (non-hydrogen) atoms. The van der Waals surface area contributed by atoms with Crippen molar-refractivity contribution in [1.29, 1.82) is 5.26 Å². The normalized spacial score (nSPS) is 12.2. The zero-order chi connectivity index (χ0) is 10.0. The summed E-state index contributed by atoms with van der Waals surface area (Å²) in [6, 6.07) is 4.25. The monoisotopic (exact) mass is 179 g/mol. The molecular formula is C9H10FN3. The molecule has 1 aromatic carbocycles. The average Bonchev–Trinajstić information content (AvgIpc) is 2.04. The second kappa shape index (κ2) is 3.42. The minimum absolute atomic E-state index is 0.130. The Balaban J connectivity index is 3.38. The van der Waals surface area contributed by atoms with E-state index in [2.05, 4.69) is 0 Å². The molecule has 3 nitrogen and oxygen atoms in total. The van der Waals surface area contributed by atoms with Crippen molar-refractivity contribution in [2.45, 2.75) is 13.0 Å².